The smallest absolute Gasteiger partial charge is 0.338 e. The molecule has 1 fully saturated rings. The van der Waals surface area contributed by atoms with Crippen molar-refractivity contribution in [3.63, 3.8) is 0 Å². The zero-order valence-electron chi connectivity index (χ0n) is 12.7. The maximum absolute atomic E-state index is 11.8. The van der Waals surface area contributed by atoms with Gasteiger partial charge in [-0.05, 0) is 42.5 Å². The maximum atomic E-state index is 11.8. The van der Waals surface area contributed by atoms with Gasteiger partial charge in [0.1, 0.15) is 0 Å². The van der Waals surface area contributed by atoms with Crippen LogP contribution in [0, 0.1) is 11.8 Å². The summed E-state index contributed by atoms with van der Waals surface area (Å²) in [6.45, 7) is 0.753. The molecule has 2 aromatic carbocycles. The highest BCUT2D eigenvalue weighted by atomic mass is 16.5. The maximum Gasteiger partial charge on any atom is 0.338 e. The highest BCUT2D eigenvalue weighted by Crippen LogP contribution is 2.39. The fourth-order valence-electron chi connectivity index (χ4n) is 2.40. The molecule has 23 heavy (non-hydrogen) atoms. The summed E-state index contributed by atoms with van der Waals surface area (Å²) in [7, 11) is 0. The third kappa shape index (κ3) is 4.19. The summed E-state index contributed by atoms with van der Waals surface area (Å²) < 4.78 is 10.6. The molecule has 0 aromatic heterocycles. The van der Waals surface area contributed by atoms with E-state index >= 15 is 0 Å². The van der Waals surface area contributed by atoms with Gasteiger partial charge in [0.05, 0.1) is 24.3 Å². The van der Waals surface area contributed by atoms with Gasteiger partial charge in [0.15, 0.2) is 0 Å². The van der Waals surface area contributed by atoms with Gasteiger partial charge in [0.25, 0.3) is 0 Å². The van der Waals surface area contributed by atoms with E-state index in [0.29, 0.717) is 24.3 Å². The highest BCUT2D eigenvalue weighted by Gasteiger charge is 2.39. The molecule has 0 bridgehead atoms. The number of carbonyl (C=O) groups excluding carboxylic acids is 2. The molecule has 4 heteroatoms. The van der Waals surface area contributed by atoms with Crippen molar-refractivity contribution < 1.29 is 19.1 Å². The van der Waals surface area contributed by atoms with Crippen molar-refractivity contribution in [3.05, 3.63) is 71.8 Å². The number of carbonyl (C=O) groups is 2. The van der Waals surface area contributed by atoms with Gasteiger partial charge >= 0.3 is 11.9 Å². The Labute approximate surface area is 135 Å². The molecule has 0 aliphatic heterocycles. The second-order valence-corrected chi connectivity index (χ2v) is 5.68. The Balaban J connectivity index is 1.37. The van der Waals surface area contributed by atoms with Crippen LogP contribution in [0.25, 0.3) is 0 Å². The third-order valence-corrected chi connectivity index (χ3v) is 3.95. The first-order valence-electron chi connectivity index (χ1n) is 7.68. The summed E-state index contributed by atoms with van der Waals surface area (Å²) in [4.78, 5) is 23.7. The van der Waals surface area contributed by atoms with Crippen LogP contribution in [0.3, 0.4) is 0 Å². The quantitative estimate of drug-likeness (QED) is 0.768. The molecule has 0 saturated heterocycles. The van der Waals surface area contributed by atoms with E-state index in [1.165, 1.54) is 0 Å². The van der Waals surface area contributed by atoms with Crippen molar-refractivity contribution in [1.82, 2.24) is 0 Å². The third-order valence-electron chi connectivity index (χ3n) is 3.95. The lowest BCUT2D eigenvalue weighted by molar-refractivity contribution is 0.0419. The Bertz CT molecular complexity index is 607. The molecule has 0 radical (unpaired) electrons. The van der Waals surface area contributed by atoms with Crippen LogP contribution < -0.4 is 0 Å². The van der Waals surface area contributed by atoms with E-state index in [9.17, 15) is 9.59 Å². The van der Waals surface area contributed by atoms with Gasteiger partial charge in [0.2, 0.25) is 0 Å². The average molecular weight is 310 g/mol. The summed E-state index contributed by atoms with van der Waals surface area (Å²) >= 11 is 0. The number of esters is 2. The molecule has 0 heterocycles. The molecule has 2 atom stereocenters. The molecule has 0 spiro atoms. The summed E-state index contributed by atoms with van der Waals surface area (Å²) in [6.07, 6.45) is 0.921. The Morgan fingerprint density at radius 1 is 0.739 bits per heavy atom. The Morgan fingerprint density at radius 2 is 1.13 bits per heavy atom. The van der Waals surface area contributed by atoms with Crippen LogP contribution in [-0.2, 0) is 9.47 Å². The van der Waals surface area contributed by atoms with Crippen molar-refractivity contribution in [1.29, 1.82) is 0 Å². The molecular formula is C19H18O4. The van der Waals surface area contributed by atoms with Crippen LogP contribution in [0.1, 0.15) is 27.1 Å². The molecule has 1 aliphatic rings. The van der Waals surface area contributed by atoms with Crippen molar-refractivity contribution in [3.8, 4) is 0 Å². The minimum Gasteiger partial charge on any atom is -0.462 e. The predicted octanol–water partition coefficient (Wildman–Crippen LogP) is 3.34. The van der Waals surface area contributed by atoms with E-state index < -0.39 is 0 Å². The number of rotatable bonds is 6. The molecule has 1 aliphatic carbocycles. The van der Waals surface area contributed by atoms with Gasteiger partial charge in [0, 0.05) is 0 Å². The number of hydrogen-bond acceptors (Lipinski definition) is 4. The van der Waals surface area contributed by atoms with Gasteiger partial charge in [-0.25, -0.2) is 9.59 Å². The predicted molar refractivity (Wildman–Crippen MR) is 85.0 cm³/mol. The van der Waals surface area contributed by atoms with Crippen LogP contribution in [-0.4, -0.2) is 25.2 Å². The standard InChI is InChI=1S/C19H18O4/c20-18(14-7-3-1-4-8-14)22-12-16-11-17(16)13-23-19(21)15-9-5-2-6-10-15/h1-10,16-17H,11-13H2. The van der Waals surface area contributed by atoms with Gasteiger partial charge in [-0.1, -0.05) is 36.4 Å². The molecule has 3 rings (SSSR count). The Morgan fingerprint density at radius 3 is 1.52 bits per heavy atom. The first-order chi connectivity index (χ1) is 11.2. The molecule has 0 N–H and O–H groups in total. The second-order valence-electron chi connectivity index (χ2n) is 5.68. The van der Waals surface area contributed by atoms with Crippen molar-refractivity contribution in [2.45, 2.75) is 6.42 Å². The molecule has 2 unspecified atom stereocenters. The first-order valence-corrected chi connectivity index (χ1v) is 7.68. The fraction of sp³-hybridized carbons (Fsp3) is 0.263. The molecule has 0 amide bonds. The van der Waals surface area contributed by atoms with Crippen LogP contribution in [0.5, 0.6) is 0 Å². The zero-order chi connectivity index (χ0) is 16.1. The zero-order valence-corrected chi connectivity index (χ0v) is 12.7. The lowest BCUT2D eigenvalue weighted by Crippen LogP contribution is -2.11. The average Bonchev–Trinajstić information content (AvgIpc) is 3.37. The van der Waals surface area contributed by atoms with Crippen LogP contribution in [0.4, 0.5) is 0 Å². The largest absolute Gasteiger partial charge is 0.462 e. The summed E-state index contributed by atoms with van der Waals surface area (Å²) in [6, 6.07) is 17.9. The number of hydrogen-bond donors (Lipinski definition) is 0. The van der Waals surface area contributed by atoms with Crippen LogP contribution in [0.2, 0.25) is 0 Å². The lowest BCUT2D eigenvalue weighted by Gasteiger charge is -2.06. The van der Waals surface area contributed by atoms with Gasteiger partial charge in [-0.3, -0.25) is 0 Å². The van der Waals surface area contributed by atoms with Crippen molar-refractivity contribution in [2.75, 3.05) is 13.2 Å². The second kappa shape index (κ2) is 7.09. The molecule has 4 nitrogen and oxygen atoms in total. The van der Waals surface area contributed by atoms with Gasteiger partial charge < -0.3 is 9.47 Å². The van der Waals surface area contributed by atoms with Gasteiger partial charge in [-0.2, -0.15) is 0 Å². The summed E-state index contributed by atoms with van der Waals surface area (Å²) in [5.41, 5.74) is 1.11. The SMILES string of the molecule is O=C(OCC1CC1COC(=O)c1ccccc1)c1ccccc1. The normalized spacial score (nSPS) is 19.0. The fourth-order valence-corrected chi connectivity index (χ4v) is 2.40. The summed E-state index contributed by atoms with van der Waals surface area (Å²) in [5.74, 6) is -0.0486. The lowest BCUT2D eigenvalue weighted by atomic mass is 10.2. The molecule has 2 aromatic rings. The molecule has 1 saturated carbocycles. The molecular weight excluding hydrogens is 292 g/mol. The molecule has 118 valence electrons. The van der Waals surface area contributed by atoms with Gasteiger partial charge in [-0.15, -0.1) is 0 Å². The monoisotopic (exact) mass is 310 g/mol. The van der Waals surface area contributed by atoms with E-state index in [2.05, 4.69) is 0 Å². The minimum absolute atomic E-state index is 0.284. The first kappa shape index (κ1) is 15.3. The Kier molecular flexibility index (Phi) is 4.71. The van der Waals surface area contributed by atoms with Crippen LogP contribution >= 0.6 is 0 Å². The van der Waals surface area contributed by atoms with E-state index in [4.69, 9.17) is 9.47 Å². The van der Waals surface area contributed by atoms with E-state index in [1.807, 2.05) is 12.1 Å². The topological polar surface area (TPSA) is 52.6 Å². The van der Waals surface area contributed by atoms with E-state index in [0.717, 1.165) is 6.42 Å². The van der Waals surface area contributed by atoms with Crippen molar-refractivity contribution in [2.24, 2.45) is 11.8 Å². The highest BCUT2D eigenvalue weighted by molar-refractivity contribution is 5.89. The van der Waals surface area contributed by atoms with E-state index in [1.54, 1.807) is 48.5 Å². The number of ether oxygens (including phenoxy) is 2. The van der Waals surface area contributed by atoms with Crippen molar-refractivity contribution >= 4 is 11.9 Å². The number of benzene rings is 2. The summed E-state index contributed by atoms with van der Waals surface area (Å²) in [5, 5.41) is 0. The van der Waals surface area contributed by atoms with Crippen LogP contribution in [0.15, 0.2) is 60.7 Å². The van der Waals surface area contributed by atoms with E-state index in [-0.39, 0.29) is 23.8 Å². The minimum atomic E-state index is -0.308. The Hall–Kier alpha value is -2.62.